The third-order valence-corrected chi connectivity index (χ3v) is 3.76. The molecule has 0 aliphatic rings. The molecule has 0 aliphatic carbocycles. The minimum Gasteiger partial charge on any atom is -0.315 e. The molecule has 0 bridgehead atoms. The number of hydrogen-bond donors (Lipinski definition) is 1. The smallest absolute Gasteiger partial charge is 0.00103 e. The number of hydrogen-bond acceptors (Lipinski definition) is 1. The molecule has 20 heavy (non-hydrogen) atoms. The Kier molecular flexibility index (Phi) is 7.29. The highest BCUT2D eigenvalue weighted by molar-refractivity contribution is 5.27. The van der Waals surface area contributed by atoms with Gasteiger partial charge >= 0.3 is 0 Å². The van der Waals surface area contributed by atoms with E-state index in [9.17, 15) is 0 Å². The van der Waals surface area contributed by atoms with Crippen molar-refractivity contribution in [3.05, 3.63) is 35.4 Å². The first-order chi connectivity index (χ1) is 9.39. The van der Waals surface area contributed by atoms with Crippen LogP contribution in [0.2, 0.25) is 0 Å². The van der Waals surface area contributed by atoms with Gasteiger partial charge in [0.15, 0.2) is 0 Å². The number of aryl methyl sites for hydroxylation is 1. The lowest BCUT2D eigenvalue weighted by atomic mass is 9.86. The standard InChI is InChI=1S/C19H33N/c1-16(2)20-15-9-7-6-8-10-17-11-13-18(14-12-17)19(3,4)5/h11-14,16,20H,6-10,15H2,1-5H3. The molecule has 1 rings (SSSR count). The molecule has 0 unspecified atom stereocenters. The van der Waals surface area contributed by atoms with Crippen molar-refractivity contribution in [2.45, 2.75) is 78.2 Å². The van der Waals surface area contributed by atoms with Crippen LogP contribution in [0.15, 0.2) is 24.3 Å². The third-order valence-electron chi connectivity index (χ3n) is 3.76. The van der Waals surface area contributed by atoms with E-state index < -0.39 is 0 Å². The highest BCUT2D eigenvalue weighted by atomic mass is 14.9. The van der Waals surface area contributed by atoms with Crippen LogP contribution in [0.3, 0.4) is 0 Å². The second kappa shape index (κ2) is 8.46. The molecule has 1 N–H and O–H groups in total. The van der Waals surface area contributed by atoms with Crippen LogP contribution in [0.5, 0.6) is 0 Å². The molecule has 0 aromatic heterocycles. The summed E-state index contributed by atoms with van der Waals surface area (Å²) in [6.07, 6.45) is 6.54. The lowest BCUT2D eigenvalue weighted by Crippen LogP contribution is -2.23. The molecule has 1 nitrogen and oxygen atoms in total. The monoisotopic (exact) mass is 275 g/mol. The van der Waals surface area contributed by atoms with Gasteiger partial charge in [-0.15, -0.1) is 0 Å². The van der Waals surface area contributed by atoms with E-state index in [4.69, 9.17) is 0 Å². The van der Waals surface area contributed by atoms with E-state index in [1.807, 2.05) is 0 Å². The fourth-order valence-electron chi connectivity index (χ4n) is 2.37. The van der Waals surface area contributed by atoms with Gasteiger partial charge in [-0.25, -0.2) is 0 Å². The summed E-state index contributed by atoms with van der Waals surface area (Å²) >= 11 is 0. The molecule has 114 valence electrons. The summed E-state index contributed by atoms with van der Waals surface area (Å²) < 4.78 is 0. The molecule has 1 aromatic rings. The largest absolute Gasteiger partial charge is 0.315 e. The normalized spacial score (nSPS) is 12.1. The third kappa shape index (κ3) is 7.09. The molecule has 0 aliphatic heterocycles. The van der Waals surface area contributed by atoms with Crippen molar-refractivity contribution in [1.29, 1.82) is 0 Å². The predicted molar refractivity (Wildman–Crippen MR) is 90.5 cm³/mol. The van der Waals surface area contributed by atoms with Crippen molar-refractivity contribution in [3.63, 3.8) is 0 Å². The van der Waals surface area contributed by atoms with Crippen LogP contribution in [0.4, 0.5) is 0 Å². The Morgan fingerprint density at radius 3 is 2.05 bits per heavy atom. The molecule has 0 saturated heterocycles. The van der Waals surface area contributed by atoms with Crippen molar-refractivity contribution in [1.82, 2.24) is 5.32 Å². The molecule has 1 heteroatoms. The SMILES string of the molecule is CC(C)NCCCCCCc1ccc(C(C)(C)C)cc1. The minimum atomic E-state index is 0.266. The Labute approximate surface area is 126 Å². The molecule has 0 saturated carbocycles. The van der Waals surface area contributed by atoms with Crippen LogP contribution in [0.1, 0.15) is 71.4 Å². The highest BCUT2D eigenvalue weighted by Gasteiger charge is 2.12. The zero-order chi connectivity index (χ0) is 15.0. The molecule has 1 aromatic carbocycles. The summed E-state index contributed by atoms with van der Waals surface area (Å²) in [6, 6.07) is 9.82. The van der Waals surface area contributed by atoms with Gasteiger partial charge in [-0.2, -0.15) is 0 Å². The van der Waals surface area contributed by atoms with Crippen LogP contribution in [-0.2, 0) is 11.8 Å². The molecule has 0 atom stereocenters. The van der Waals surface area contributed by atoms with Crippen molar-refractivity contribution in [2.75, 3.05) is 6.54 Å². The van der Waals surface area contributed by atoms with Crippen LogP contribution in [0, 0.1) is 0 Å². The maximum Gasteiger partial charge on any atom is 0.00103 e. The lowest BCUT2D eigenvalue weighted by molar-refractivity contribution is 0.541. The maximum atomic E-state index is 3.47. The Balaban J connectivity index is 2.16. The summed E-state index contributed by atoms with van der Waals surface area (Å²) in [5, 5.41) is 3.47. The fraction of sp³-hybridized carbons (Fsp3) is 0.684. The van der Waals surface area contributed by atoms with Gasteiger partial charge in [-0.3, -0.25) is 0 Å². The molecular formula is C19H33N. The Bertz CT molecular complexity index is 356. The fourth-order valence-corrected chi connectivity index (χ4v) is 2.37. The predicted octanol–water partition coefficient (Wildman–Crippen LogP) is 5.09. The molecule has 0 amide bonds. The van der Waals surface area contributed by atoms with Gasteiger partial charge in [0.1, 0.15) is 0 Å². The van der Waals surface area contributed by atoms with Crippen molar-refractivity contribution < 1.29 is 0 Å². The highest BCUT2D eigenvalue weighted by Crippen LogP contribution is 2.22. The molecule has 0 heterocycles. The Hall–Kier alpha value is -0.820. The second-order valence-electron chi connectivity index (χ2n) is 7.22. The van der Waals surface area contributed by atoms with Crippen molar-refractivity contribution in [2.24, 2.45) is 0 Å². The first-order valence-corrected chi connectivity index (χ1v) is 8.22. The Morgan fingerprint density at radius 1 is 0.900 bits per heavy atom. The number of unbranched alkanes of at least 4 members (excludes halogenated alkanes) is 3. The van der Waals surface area contributed by atoms with Crippen LogP contribution in [0.25, 0.3) is 0 Å². The summed E-state index contributed by atoms with van der Waals surface area (Å²) in [6.45, 7) is 12.4. The number of benzene rings is 1. The average Bonchev–Trinajstić information content (AvgIpc) is 2.37. The summed E-state index contributed by atoms with van der Waals surface area (Å²) in [4.78, 5) is 0. The van der Waals surface area contributed by atoms with E-state index in [-0.39, 0.29) is 5.41 Å². The quantitative estimate of drug-likeness (QED) is 0.652. The summed E-state index contributed by atoms with van der Waals surface area (Å²) in [5.74, 6) is 0. The molecule has 0 radical (unpaired) electrons. The second-order valence-corrected chi connectivity index (χ2v) is 7.22. The molecule has 0 fully saturated rings. The van der Waals surface area contributed by atoms with Crippen molar-refractivity contribution in [3.8, 4) is 0 Å². The topological polar surface area (TPSA) is 12.0 Å². The van der Waals surface area contributed by atoms with E-state index in [1.165, 1.54) is 43.2 Å². The van der Waals surface area contributed by atoms with E-state index in [2.05, 4.69) is 64.2 Å². The lowest BCUT2D eigenvalue weighted by Gasteiger charge is -2.19. The molecule has 0 spiro atoms. The van der Waals surface area contributed by atoms with Crippen LogP contribution < -0.4 is 5.32 Å². The minimum absolute atomic E-state index is 0.266. The van der Waals surface area contributed by atoms with Gasteiger partial charge in [-0.05, 0) is 42.3 Å². The van der Waals surface area contributed by atoms with Gasteiger partial charge in [0.05, 0.1) is 0 Å². The summed E-state index contributed by atoms with van der Waals surface area (Å²) in [5.41, 5.74) is 3.18. The zero-order valence-corrected chi connectivity index (χ0v) is 14.1. The molecular weight excluding hydrogens is 242 g/mol. The first-order valence-electron chi connectivity index (χ1n) is 8.22. The Morgan fingerprint density at radius 2 is 1.50 bits per heavy atom. The summed E-state index contributed by atoms with van der Waals surface area (Å²) in [7, 11) is 0. The van der Waals surface area contributed by atoms with Gasteiger partial charge in [0.25, 0.3) is 0 Å². The van der Waals surface area contributed by atoms with Crippen LogP contribution >= 0.6 is 0 Å². The number of rotatable bonds is 8. The van der Waals surface area contributed by atoms with Gasteiger partial charge in [-0.1, -0.05) is 71.7 Å². The first kappa shape index (κ1) is 17.2. The number of nitrogens with one attached hydrogen (secondary N) is 1. The van der Waals surface area contributed by atoms with E-state index in [0.717, 1.165) is 6.54 Å². The van der Waals surface area contributed by atoms with Crippen molar-refractivity contribution >= 4 is 0 Å². The maximum absolute atomic E-state index is 3.47. The zero-order valence-electron chi connectivity index (χ0n) is 14.1. The van der Waals surface area contributed by atoms with E-state index in [0.29, 0.717) is 6.04 Å². The van der Waals surface area contributed by atoms with Crippen LogP contribution in [-0.4, -0.2) is 12.6 Å². The van der Waals surface area contributed by atoms with Gasteiger partial charge in [0, 0.05) is 6.04 Å². The average molecular weight is 275 g/mol. The van der Waals surface area contributed by atoms with E-state index >= 15 is 0 Å². The van der Waals surface area contributed by atoms with Gasteiger partial charge in [0.2, 0.25) is 0 Å². The van der Waals surface area contributed by atoms with Gasteiger partial charge < -0.3 is 5.32 Å². The van der Waals surface area contributed by atoms with E-state index in [1.54, 1.807) is 0 Å².